The maximum atomic E-state index is 8.57. The predicted molar refractivity (Wildman–Crippen MR) is 85.7 cm³/mol. The summed E-state index contributed by atoms with van der Waals surface area (Å²) in [6.45, 7) is 0.0757. The fraction of sp³-hybridized carbons (Fsp3) is 0.235. The van der Waals surface area contributed by atoms with Crippen molar-refractivity contribution >= 4 is 17.4 Å². The zero-order chi connectivity index (χ0) is 14.5. The highest BCUT2D eigenvalue weighted by atomic mass is 32.2. The van der Waals surface area contributed by atoms with Gasteiger partial charge in [-0.3, -0.25) is 0 Å². The van der Waals surface area contributed by atoms with Crippen LogP contribution >= 0.6 is 11.8 Å². The van der Waals surface area contributed by atoms with Gasteiger partial charge in [0, 0.05) is 22.4 Å². The van der Waals surface area contributed by atoms with Crippen molar-refractivity contribution in [3.8, 4) is 11.8 Å². The number of nitrogens with one attached hydrogen (secondary N) is 1. The summed E-state index contributed by atoms with van der Waals surface area (Å²) < 4.78 is 5.35. The van der Waals surface area contributed by atoms with Gasteiger partial charge in [0.1, 0.15) is 11.8 Å². The van der Waals surface area contributed by atoms with E-state index in [1.54, 1.807) is 0 Å². The largest absolute Gasteiger partial charge is 0.479 e. The highest BCUT2D eigenvalue weighted by Crippen LogP contribution is 2.37. The molecule has 0 fully saturated rings. The van der Waals surface area contributed by atoms with Crippen molar-refractivity contribution < 1.29 is 4.74 Å². The second-order valence-electron chi connectivity index (χ2n) is 4.85. The molecule has 0 amide bonds. The molecule has 2 aromatic carbocycles. The Morgan fingerprint density at radius 3 is 3.05 bits per heavy atom. The van der Waals surface area contributed by atoms with Crippen LogP contribution in [-0.4, -0.2) is 12.4 Å². The van der Waals surface area contributed by atoms with E-state index in [0.29, 0.717) is 6.04 Å². The lowest BCUT2D eigenvalue weighted by Gasteiger charge is -2.26. The highest BCUT2D eigenvalue weighted by molar-refractivity contribution is 7.99. The molecule has 0 bridgehead atoms. The first kappa shape index (κ1) is 13.8. The van der Waals surface area contributed by atoms with Crippen molar-refractivity contribution in [2.45, 2.75) is 17.4 Å². The molecule has 1 N–H and O–H groups in total. The molecule has 1 unspecified atom stereocenters. The molecule has 21 heavy (non-hydrogen) atoms. The van der Waals surface area contributed by atoms with Crippen molar-refractivity contribution in [3.05, 3.63) is 54.1 Å². The molecule has 4 heteroatoms. The van der Waals surface area contributed by atoms with Crippen LogP contribution in [0.4, 0.5) is 5.69 Å². The van der Waals surface area contributed by atoms with Crippen LogP contribution in [0.5, 0.6) is 5.75 Å². The van der Waals surface area contributed by atoms with Gasteiger partial charge in [0.05, 0.1) is 6.04 Å². The quantitative estimate of drug-likeness (QED) is 0.916. The Bertz CT molecular complexity index is 666. The monoisotopic (exact) mass is 296 g/mol. The number of fused-ring (bicyclic) bond motifs is 1. The Kier molecular flexibility index (Phi) is 4.32. The van der Waals surface area contributed by atoms with Crippen LogP contribution in [0.2, 0.25) is 0 Å². The van der Waals surface area contributed by atoms with Gasteiger partial charge in [-0.15, -0.1) is 11.8 Å². The van der Waals surface area contributed by atoms with Crippen LogP contribution in [-0.2, 0) is 0 Å². The number of ether oxygens (including phenoxy) is 1. The Labute approximate surface area is 128 Å². The number of anilines is 1. The third-order valence-electron chi connectivity index (χ3n) is 3.44. The minimum absolute atomic E-state index is 0.0757. The maximum Gasteiger partial charge on any atom is 0.174 e. The number of rotatable bonds is 4. The average molecular weight is 296 g/mol. The van der Waals surface area contributed by atoms with E-state index >= 15 is 0 Å². The fourth-order valence-electron chi connectivity index (χ4n) is 2.48. The molecule has 1 atom stereocenters. The van der Waals surface area contributed by atoms with Gasteiger partial charge in [-0.05, 0) is 30.2 Å². The minimum atomic E-state index is 0.0757. The molecule has 0 aliphatic carbocycles. The van der Waals surface area contributed by atoms with Gasteiger partial charge in [-0.2, -0.15) is 5.26 Å². The van der Waals surface area contributed by atoms with E-state index in [4.69, 9.17) is 10.00 Å². The zero-order valence-electron chi connectivity index (χ0n) is 11.6. The van der Waals surface area contributed by atoms with Gasteiger partial charge in [0.2, 0.25) is 0 Å². The van der Waals surface area contributed by atoms with Crippen molar-refractivity contribution in [1.82, 2.24) is 0 Å². The van der Waals surface area contributed by atoms with Gasteiger partial charge >= 0.3 is 0 Å². The molecule has 0 saturated carbocycles. The lowest BCUT2D eigenvalue weighted by Crippen LogP contribution is -2.16. The Balaban J connectivity index is 1.77. The van der Waals surface area contributed by atoms with Crippen LogP contribution in [0.25, 0.3) is 0 Å². The minimum Gasteiger partial charge on any atom is -0.479 e. The first-order chi connectivity index (χ1) is 10.4. The van der Waals surface area contributed by atoms with E-state index in [2.05, 4.69) is 29.6 Å². The molecule has 1 aliphatic rings. The molecule has 0 spiro atoms. The summed E-state index contributed by atoms with van der Waals surface area (Å²) in [6, 6.07) is 18.6. The van der Waals surface area contributed by atoms with Crippen LogP contribution < -0.4 is 10.1 Å². The Hall–Kier alpha value is -2.12. The molecule has 0 aromatic heterocycles. The van der Waals surface area contributed by atoms with E-state index in [-0.39, 0.29) is 6.61 Å². The van der Waals surface area contributed by atoms with Gasteiger partial charge < -0.3 is 10.1 Å². The van der Waals surface area contributed by atoms with Crippen LogP contribution in [0.3, 0.4) is 0 Å². The normalized spacial score (nSPS) is 16.6. The van der Waals surface area contributed by atoms with Crippen LogP contribution in [0.15, 0.2) is 53.4 Å². The molecule has 0 saturated heterocycles. The summed E-state index contributed by atoms with van der Waals surface area (Å²) in [5.41, 5.74) is 2.38. The summed E-state index contributed by atoms with van der Waals surface area (Å²) in [4.78, 5) is 1.36. The summed E-state index contributed by atoms with van der Waals surface area (Å²) in [5, 5.41) is 12.2. The van der Waals surface area contributed by atoms with Gasteiger partial charge in [0.25, 0.3) is 0 Å². The summed E-state index contributed by atoms with van der Waals surface area (Å²) in [6.07, 6.45) is 1.10. The Morgan fingerprint density at radius 1 is 1.24 bits per heavy atom. The van der Waals surface area contributed by atoms with Crippen LogP contribution in [0, 0.1) is 11.3 Å². The molecule has 0 radical (unpaired) electrons. The number of benzene rings is 2. The summed E-state index contributed by atoms with van der Waals surface area (Å²) in [5.74, 6) is 1.85. The van der Waals surface area contributed by atoms with Gasteiger partial charge in [-0.1, -0.05) is 24.3 Å². The molecule has 106 valence electrons. The van der Waals surface area contributed by atoms with E-state index in [1.807, 2.05) is 42.1 Å². The lowest BCUT2D eigenvalue weighted by atomic mass is 10.0. The average Bonchev–Trinajstić information content (AvgIpc) is 2.54. The number of hydrogen-bond acceptors (Lipinski definition) is 4. The number of nitrogens with zero attached hydrogens (tertiary/aromatic N) is 1. The molecule has 3 rings (SSSR count). The molecular formula is C17H16N2OS. The highest BCUT2D eigenvalue weighted by Gasteiger charge is 2.19. The number of thioether (sulfide) groups is 1. The first-order valence-electron chi connectivity index (χ1n) is 6.95. The lowest BCUT2D eigenvalue weighted by molar-refractivity contribution is 0.368. The summed E-state index contributed by atoms with van der Waals surface area (Å²) >= 11 is 1.92. The first-order valence-corrected chi connectivity index (χ1v) is 7.93. The third-order valence-corrected chi connectivity index (χ3v) is 4.56. The fourth-order valence-corrected chi connectivity index (χ4v) is 3.61. The predicted octanol–water partition coefficient (Wildman–Crippen LogP) is 4.24. The van der Waals surface area contributed by atoms with Crippen molar-refractivity contribution in [2.24, 2.45) is 0 Å². The summed E-state index contributed by atoms with van der Waals surface area (Å²) in [7, 11) is 0. The third kappa shape index (κ3) is 3.32. The standard InChI is InChI=1S/C17H16N2OS/c18-9-10-20-14-5-3-4-13(12-14)19-16-8-11-21-17-7-2-1-6-15(16)17/h1-7,12,16,19H,8,10-11H2. The number of hydrogen-bond donors (Lipinski definition) is 1. The van der Waals surface area contributed by atoms with E-state index in [9.17, 15) is 0 Å². The van der Waals surface area contributed by atoms with E-state index in [1.165, 1.54) is 10.5 Å². The SMILES string of the molecule is N#CCOc1cccc(NC2CCSc3ccccc32)c1. The second-order valence-corrected chi connectivity index (χ2v) is 5.98. The van der Waals surface area contributed by atoms with Gasteiger partial charge in [-0.25, -0.2) is 0 Å². The number of nitriles is 1. The Morgan fingerprint density at radius 2 is 2.14 bits per heavy atom. The van der Waals surface area contributed by atoms with E-state index in [0.717, 1.165) is 23.6 Å². The zero-order valence-corrected chi connectivity index (χ0v) is 12.4. The topological polar surface area (TPSA) is 45.0 Å². The molecular weight excluding hydrogens is 280 g/mol. The smallest absolute Gasteiger partial charge is 0.174 e. The van der Waals surface area contributed by atoms with Crippen molar-refractivity contribution in [3.63, 3.8) is 0 Å². The second kappa shape index (κ2) is 6.55. The van der Waals surface area contributed by atoms with Crippen LogP contribution in [0.1, 0.15) is 18.0 Å². The molecule has 1 aliphatic heterocycles. The maximum absolute atomic E-state index is 8.57. The molecule has 3 nitrogen and oxygen atoms in total. The van der Waals surface area contributed by atoms with Crippen molar-refractivity contribution in [2.75, 3.05) is 17.7 Å². The van der Waals surface area contributed by atoms with Gasteiger partial charge in [0.15, 0.2) is 6.61 Å². The van der Waals surface area contributed by atoms with Crippen molar-refractivity contribution in [1.29, 1.82) is 5.26 Å². The molecule has 1 heterocycles. The molecule has 2 aromatic rings. The van der Waals surface area contributed by atoms with E-state index < -0.39 is 0 Å².